The van der Waals surface area contributed by atoms with Gasteiger partial charge in [-0.1, -0.05) is 19.1 Å². The maximum absolute atomic E-state index is 9.72. The number of nitrogens with zero attached hydrogens (tertiary/aromatic N) is 3. The molecule has 1 heterocycles. The molecule has 144 valence electrons. The van der Waals surface area contributed by atoms with E-state index in [2.05, 4.69) is 53.8 Å². The predicted octanol–water partition coefficient (Wildman–Crippen LogP) is 5.26. The van der Waals surface area contributed by atoms with Crippen molar-refractivity contribution >= 4 is 28.4 Å². The van der Waals surface area contributed by atoms with Crippen molar-refractivity contribution in [3.05, 3.63) is 53.9 Å². The Kier molecular flexibility index (Phi) is 6.33. The molecule has 0 aliphatic rings. The number of allylic oxidation sites excluding steroid dienone is 1. The summed E-state index contributed by atoms with van der Waals surface area (Å²) in [6.45, 7) is 8.86. The van der Waals surface area contributed by atoms with Gasteiger partial charge in [0.25, 0.3) is 0 Å². The molecule has 0 aliphatic carbocycles. The Hall–Kier alpha value is -3.26. The molecule has 0 fully saturated rings. The van der Waals surface area contributed by atoms with E-state index in [0.717, 1.165) is 47.5 Å². The first-order valence-electron chi connectivity index (χ1n) is 9.78. The van der Waals surface area contributed by atoms with Crippen molar-refractivity contribution in [3.8, 4) is 11.8 Å². The van der Waals surface area contributed by atoms with Crippen LogP contribution in [0.5, 0.6) is 5.75 Å². The van der Waals surface area contributed by atoms with E-state index in [-0.39, 0.29) is 0 Å². The summed E-state index contributed by atoms with van der Waals surface area (Å²) in [5.41, 5.74) is 4.24. The van der Waals surface area contributed by atoms with Gasteiger partial charge in [0, 0.05) is 30.4 Å². The van der Waals surface area contributed by atoms with E-state index in [1.54, 1.807) is 0 Å². The van der Waals surface area contributed by atoms with Gasteiger partial charge in [0.1, 0.15) is 17.6 Å². The number of hydrogen-bond donors (Lipinski definition) is 1. The number of hydrogen-bond acceptors (Lipinski definition) is 4. The van der Waals surface area contributed by atoms with Crippen LogP contribution in [-0.2, 0) is 0 Å². The van der Waals surface area contributed by atoms with Crippen LogP contribution in [-0.4, -0.2) is 29.7 Å². The van der Waals surface area contributed by atoms with Gasteiger partial charge >= 0.3 is 0 Å². The summed E-state index contributed by atoms with van der Waals surface area (Å²) in [4.78, 5) is 10.0. The number of aromatic amines is 1. The normalized spacial score (nSPS) is 11.4. The number of nitrogens with one attached hydrogen (secondary N) is 1. The van der Waals surface area contributed by atoms with Crippen LogP contribution < -0.4 is 9.64 Å². The molecule has 0 saturated carbocycles. The van der Waals surface area contributed by atoms with Crippen molar-refractivity contribution < 1.29 is 4.74 Å². The van der Waals surface area contributed by atoms with E-state index in [1.165, 1.54) is 0 Å². The molecule has 5 heteroatoms. The van der Waals surface area contributed by atoms with Crippen molar-refractivity contribution in [3.63, 3.8) is 0 Å². The molecule has 5 nitrogen and oxygen atoms in total. The van der Waals surface area contributed by atoms with Crippen LogP contribution in [0.2, 0.25) is 0 Å². The minimum Gasteiger partial charge on any atom is -0.493 e. The Morgan fingerprint density at radius 2 is 1.96 bits per heavy atom. The van der Waals surface area contributed by atoms with Gasteiger partial charge in [-0.15, -0.1) is 0 Å². The topological polar surface area (TPSA) is 64.9 Å². The first-order chi connectivity index (χ1) is 13.7. The number of para-hydroxylation sites is 2. The second-order valence-electron chi connectivity index (χ2n) is 6.52. The standard InChI is InChI=1S/C23H26N4O/c1-4-13-28-22-15-19(27(5-2)6-3)12-11-17(22)14-18(16-24)23-25-20-9-7-8-10-21(20)26-23/h7-12,14-15H,4-6,13H2,1-3H3,(H,25,26). The molecule has 1 N–H and O–H groups in total. The lowest BCUT2D eigenvalue weighted by Gasteiger charge is -2.22. The maximum atomic E-state index is 9.72. The minimum absolute atomic E-state index is 0.480. The lowest BCUT2D eigenvalue weighted by Crippen LogP contribution is -2.21. The Labute approximate surface area is 166 Å². The average Bonchev–Trinajstić information content (AvgIpc) is 3.16. The van der Waals surface area contributed by atoms with E-state index in [4.69, 9.17) is 4.74 Å². The zero-order valence-electron chi connectivity index (χ0n) is 16.7. The molecule has 0 spiro atoms. The van der Waals surface area contributed by atoms with Gasteiger partial charge in [-0.3, -0.25) is 0 Å². The van der Waals surface area contributed by atoms with Crippen molar-refractivity contribution in [2.45, 2.75) is 27.2 Å². The van der Waals surface area contributed by atoms with Crippen molar-refractivity contribution in [2.24, 2.45) is 0 Å². The van der Waals surface area contributed by atoms with Crippen LogP contribution in [0.1, 0.15) is 38.6 Å². The number of ether oxygens (including phenoxy) is 1. The summed E-state index contributed by atoms with van der Waals surface area (Å²) < 4.78 is 6.00. The molecule has 0 unspecified atom stereocenters. The number of anilines is 1. The number of imidazole rings is 1. The van der Waals surface area contributed by atoms with E-state index >= 15 is 0 Å². The number of rotatable bonds is 8. The third-order valence-electron chi connectivity index (χ3n) is 4.65. The van der Waals surface area contributed by atoms with Gasteiger partial charge in [-0.2, -0.15) is 5.26 Å². The molecule has 1 aromatic heterocycles. The monoisotopic (exact) mass is 374 g/mol. The van der Waals surface area contributed by atoms with E-state index in [1.807, 2.05) is 36.4 Å². The number of H-pyrrole nitrogens is 1. The summed E-state index contributed by atoms with van der Waals surface area (Å²) in [6, 6.07) is 16.2. The zero-order chi connectivity index (χ0) is 19.9. The number of fused-ring (bicyclic) bond motifs is 1. The lowest BCUT2D eigenvalue weighted by atomic mass is 10.1. The summed E-state index contributed by atoms with van der Waals surface area (Å²) in [6.07, 6.45) is 2.77. The van der Waals surface area contributed by atoms with Crippen molar-refractivity contribution in [1.29, 1.82) is 5.26 Å². The molecule has 0 atom stereocenters. The SMILES string of the molecule is CCCOc1cc(N(CC)CC)ccc1C=C(C#N)c1nc2ccccc2[nH]1. The molecule has 3 rings (SSSR count). The van der Waals surface area contributed by atoms with E-state index in [9.17, 15) is 5.26 Å². The highest BCUT2D eigenvalue weighted by Crippen LogP contribution is 2.29. The molecule has 28 heavy (non-hydrogen) atoms. The smallest absolute Gasteiger partial charge is 0.149 e. The van der Waals surface area contributed by atoms with Crippen LogP contribution in [0, 0.1) is 11.3 Å². The van der Waals surface area contributed by atoms with E-state index in [0.29, 0.717) is 18.0 Å². The molecular formula is C23H26N4O. The molecule has 0 amide bonds. The van der Waals surface area contributed by atoms with E-state index < -0.39 is 0 Å². The molecule has 0 bridgehead atoms. The lowest BCUT2D eigenvalue weighted by molar-refractivity contribution is 0.317. The summed E-state index contributed by atoms with van der Waals surface area (Å²) in [5.74, 6) is 1.35. The number of aromatic nitrogens is 2. The van der Waals surface area contributed by atoms with Gasteiger partial charge < -0.3 is 14.6 Å². The van der Waals surface area contributed by atoms with Crippen LogP contribution in [0.3, 0.4) is 0 Å². The molecule has 2 aromatic carbocycles. The van der Waals surface area contributed by atoms with Crippen LogP contribution in [0.4, 0.5) is 5.69 Å². The third kappa shape index (κ3) is 4.17. The van der Waals surface area contributed by atoms with Gasteiger partial charge in [-0.05, 0) is 50.6 Å². The van der Waals surface area contributed by atoms with Gasteiger partial charge in [0.2, 0.25) is 0 Å². The Morgan fingerprint density at radius 3 is 2.64 bits per heavy atom. The highest BCUT2D eigenvalue weighted by molar-refractivity contribution is 5.91. The van der Waals surface area contributed by atoms with Crippen LogP contribution >= 0.6 is 0 Å². The summed E-state index contributed by atoms with van der Waals surface area (Å²) in [7, 11) is 0. The Morgan fingerprint density at radius 1 is 1.18 bits per heavy atom. The first-order valence-corrected chi connectivity index (χ1v) is 9.78. The van der Waals surface area contributed by atoms with Crippen LogP contribution in [0.15, 0.2) is 42.5 Å². The summed E-state index contributed by atoms with van der Waals surface area (Å²) in [5, 5.41) is 9.72. The minimum atomic E-state index is 0.480. The Bertz CT molecular complexity index is 976. The zero-order valence-corrected chi connectivity index (χ0v) is 16.7. The van der Waals surface area contributed by atoms with Crippen LogP contribution in [0.25, 0.3) is 22.7 Å². The van der Waals surface area contributed by atoms with Crippen molar-refractivity contribution in [2.75, 3.05) is 24.6 Å². The third-order valence-corrected chi connectivity index (χ3v) is 4.65. The molecule has 0 radical (unpaired) electrons. The molecule has 3 aromatic rings. The number of benzene rings is 2. The number of nitriles is 1. The first kappa shape index (κ1) is 19.5. The fourth-order valence-corrected chi connectivity index (χ4v) is 3.15. The highest BCUT2D eigenvalue weighted by atomic mass is 16.5. The second-order valence-corrected chi connectivity index (χ2v) is 6.52. The van der Waals surface area contributed by atoms with Crippen molar-refractivity contribution in [1.82, 2.24) is 9.97 Å². The van der Waals surface area contributed by atoms with Gasteiger partial charge in [0.05, 0.1) is 23.2 Å². The second kappa shape index (κ2) is 9.09. The Balaban J connectivity index is 2.02. The van der Waals surface area contributed by atoms with Gasteiger partial charge in [-0.25, -0.2) is 4.98 Å². The largest absolute Gasteiger partial charge is 0.493 e. The molecular weight excluding hydrogens is 348 g/mol. The average molecular weight is 374 g/mol. The predicted molar refractivity (Wildman–Crippen MR) is 115 cm³/mol. The fourth-order valence-electron chi connectivity index (χ4n) is 3.15. The highest BCUT2D eigenvalue weighted by Gasteiger charge is 2.12. The van der Waals surface area contributed by atoms with Gasteiger partial charge in [0.15, 0.2) is 0 Å². The maximum Gasteiger partial charge on any atom is 0.149 e. The summed E-state index contributed by atoms with van der Waals surface area (Å²) >= 11 is 0. The molecule has 0 saturated heterocycles. The fraction of sp³-hybridized carbons (Fsp3) is 0.304. The quantitative estimate of drug-likeness (QED) is 0.546. The molecule has 0 aliphatic heterocycles.